The van der Waals surface area contributed by atoms with Crippen molar-refractivity contribution in [1.82, 2.24) is 15.6 Å². The summed E-state index contributed by atoms with van der Waals surface area (Å²) in [6.07, 6.45) is 3.39. The first-order valence-corrected chi connectivity index (χ1v) is 7.36. The molecular formula is C13H26N4O2S. The number of alkyl carbamates (subject to hydrolysis) is 1. The smallest absolute Gasteiger partial charge is 0.407 e. The average Bonchev–Trinajstić information content (AvgIpc) is 2.28. The fourth-order valence-corrected chi connectivity index (χ4v) is 2.30. The molecule has 0 unspecified atom stereocenters. The predicted octanol–water partition coefficient (Wildman–Crippen LogP) is 1.50. The van der Waals surface area contributed by atoms with Crippen LogP contribution in [-0.4, -0.2) is 40.9 Å². The van der Waals surface area contributed by atoms with Crippen molar-refractivity contribution in [3.8, 4) is 0 Å². The van der Waals surface area contributed by atoms with Crippen molar-refractivity contribution in [2.75, 3.05) is 7.05 Å². The van der Waals surface area contributed by atoms with Crippen molar-refractivity contribution in [1.29, 1.82) is 0 Å². The van der Waals surface area contributed by atoms with Crippen molar-refractivity contribution in [2.45, 2.75) is 64.1 Å². The Hall–Kier alpha value is -1.08. The van der Waals surface area contributed by atoms with Crippen LogP contribution in [0.2, 0.25) is 0 Å². The highest BCUT2D eigenvalue weighted by Crippen LogP contribution is 2.19. The minimum atomic E-state index is -0.458. The molecule has 1 saturated carbocycles. The van der Waals surface area contributed by atoms with Crippen LogP contribution in [0.4, 0.5) is 4.79 Å². The molecule has 6 nitrogen and oxygen atoms in total. The third kappa shape index (κ3) is 6.38. The van der Waals surface area contributed by atoms with Crippen LogP contribution < -0.4 is 16.5 Å². The highest BCUT2D eigenvalue weighted by Gasteiger charge is 2.25. The first-order chi connectivity index (χ1) is 9.17. The summed E-state index contributed by atoms with van der Waals surface area (Å²) in [7, 11) is 1.71. The molecule has 0 saturated heterocycles. The molecule has 1 rings (SSSR count). The van der Waals surface area contributed by atoms with Crippen LogP contribution in [0.1, 0.15) is 46.5 Å². The van der Waals surface area contributed by atoms with E-state index in [2.05, 4.69) is 10.6 Å². The topological polar surface area (TPSA) is 79.6 Å². The zero-order valence-electron chi connectivity index (χ0n) is 12.7. The summed E-state index contributed by atoms with van der Waals surface area (Å²) >= 11 is 5.12. The molecule has 4 N–H and O–H groups in total. The van der Waals surface area contributed by atoms with E-state index < -0.39 is 5.60 Å². The minimum Gasteiger partial charge on any atom is -0.444 e. The molecule has 0 aromatic heterocycles. The van der Waals surface area contributed by atoms with Crippen molar-refractivity contribution in [3.63, 3.8) is 0 Å². The lowest BCUT2D eigenvalue weighted by Crippen LogP contribution is -2.49. The monoisotopic (exact) mass is 302 g/mol. The number of amides is 1. The molecule has 0 spiro atoms. The molecule has 0 aliphatic heterocycles. The lowest BCUT2D eigenvalue weighted by molar-refractivity contribution is 0.0490. The number of hydrogen-bond acceptors (Lipinski definition) is 4. The van der Waals surface area contributed by atoms with Gasteiger partial charge in [-0.25, -0.2) is 10.6 Å². The Bertz CT molecular complexity index is 347. The fraction of sp³-hybridized carbons (Fsp3) is 0.846. The first-order valence-electron chi connectivity index (χ1n) is 6.96. The maximum Gasteiger partial charge on any atom is 0.407 e. The number of carbonyl (C=O) groups is 1. The third-order valence-corrected chi connectivity index (χ3v) is 3.50. The Labute approximate surface area is 126 Å². The van der Waals surface area contributed by atoms with Gasteiger partial charge in [0.05, 0.1) is 0 Å². The van der Waals surface area contributed by atoms with Crippen LogP contribution in [0, 0.1) is 0 Å². The van der Waals surface area contributed by atoms with Gasteiger partial charge in [0.15, 0.2) is 5.11 Å². The zero-order valence-corrected chi connectivity index (χ0v) is 13.5. The molecule has 116 valence electrons. The summed E-state index contributed by atoms with van der Waals surface area (Å²) in [6.45, 7) is 5.58. The summed E-state index contributed by atoms with van der Waals surface area (Å²) in [4.78, 5) is 11.7. The molecular weight excluding hydrogens is 276 g/mol. The standard InChI is InChI=1S/C13H26N4O2S/c1-13(2,3)19-12(18)16-10-7-5-9(6-8-10)15-11(20)17(4)14/h9-10H,5-8,14H2,1-4H3,(H,15,20)(H,16,18)/t9-,10-. The fourth-order valence-electron chi connectivity index (χ4n) is 2.13. The molecule has 0 radical (unpaired) electrons. The van der Waals surface area contributed by atoms with Gasteiger partial charge in [-0.1, -0.05) is 0 Å². The van der Waals surface area contributed by atoms with E-state index in [9.17, 15) is 4.79 Å². The van der Waals surface area contributed by atoms with E-state index in [1.54, 1.807) is 7.05 Å². The largest absolute Gasteiger partial charge is 0.444 e. The van der Waals surface area contributed by atoms with E-state index >= 15 is 0 Å². The Morgan fingerprint density at radius 2 is 1.65 bits per heavy atom. The Balaban J connectivity index is 2.29. The van der Waals surface area contributed by atoms with Crippen molar-refractivity contribution < 1.29 is 9.53 Å². The van der Waals surface area contributed by atoms with E-state index in [-0.39, 0.29) is 12.1 Å². The maximum absolute atomic E-state index is 11.7. The molecule has 1 fully saturated rings. The number of carbonyl (C=O) groups excluding carboxylic acids is 1. The van der Waals surface area contributed by atoms with Crippen molar-refractivity contribution >= 4 is 23.4 Å². The summed E-state index contributed by atoms with van der Waals surface area (Å²) in [6, 6.07) is 0.497. The van der Waals surface area contributed by atoms with Crippen LogP contribution in [0.5, 0.6) is 0 Å². The Kier molecular flexibility index (Phi) is 6.01. The van der Waals surface area contributed by atoms with Gasteiger partial charge in [0.2, 0.25) is 0 Å². The summed E-state index contributed by atoms with van der Waals surface area (Å²) in [5.74, 6) is 5.56. The van der Waals surface area contributed by atoms with Crippen LogP contribution in [0.15, 0.2) is 0 Å². The van der Waals surface area contributed by atoms with Crippen LogP contribution >= 0.6 is 12.2 Å². The number of thiocarbonyl (C=S) groups is 1. The predicted molar refractivity (Wildman–Crippen MR) is 83.1 cm³/mol. The lowest BCUT2D eigenvalue weighted by Gasteiger charge is -2.31. The van der Waals surface area contributed by atoms with E-state index in [1.165, 1.54) is 5.01 Å². The third-order valence-electron chi connectivity index (χ3n) is 3.10. The van der Waals surface area contributed by atoms with Crippen molar-refractivity contribution in [3.05, 3.63) is 0 Å². The van der Waals surface area contributed by atoms with Gasteiger partial charge in [0, 0.05) is 19.1 Å². The second-order valence-electron chi connectivity index (χ2n) is 6.26. The zero-order chi connectivity index (χ0) is 15.3. The van der Waals surface area contributed by atoms with Gasteiger partial charge in [0.25, 0.3) is 0 Å². The molecule has 1 aliphatic rings. The number of hydrogen-bond donors (Lipinski definition) is 3. The quantitative estimate of drug-likeness (QED) is 0.407. The van der Waals surface area contributed by atoms with Crippen LogP contribution in [0.25, 0.3) is 0 Å². The highest BCUT2D eigenvalue weighted by molar-refractivity contribution is 7.80. The number of hydrazine groups is 1. The van der Waals surface area contributed by atoms with Crippen LogP contribution in [-0.2, 0) is 4.74 Å². The van der Waals surface area contributed by atoms with Gasteiger partial charge >= 0.3 is 6.09 Å². The first kappa shape index (κ1) is 17.0. The second-order valence-corrected chi connectivity index (χ2v) is 6.64. The maximum atomic E-state index is 11.7. The molecule has 0 aromatic rings. The number of nitrogens with one attached hydrogen (secondary N) is 2. The van der Waals surface area contributed by atoms with Gasteiger partial charge in [-0.2, -0.15) is 0 Å². The van der Waals surface area contributed by atoms with Gasteiger partial charge in [-0.3, -0.25) is 5.01 Å². The number of nitrogens with zero attached hydrogens (tertiary/aromatic N) is 1. The number of ether oxygens (including phenoxy) is 1. The normalized spacial score (nSPS) is 22.9. The van der Waals surface area contributed by atoms with Gasteiger partial charge in [0.1, 0.15) is 5.60 Å². The van der Waals surface area contributed by atoms with Crippen molar-refractivity contribution in [2.24, 2.45) is 5.84 Å². The molecule has 1 aliphatic carbocycles. The Morgan fingerprint density at radius 1 is 1.20 bits per heavy atom. The average molecular weight is 302 g/mol. The van der Waals surface area contributed by atoms with E-state index in [1.807, 2.05) is 20.8 Å². The molecule has 20 heavy (non-hydrogen) atoms. The van der Waals surface area contributed by atoms with E-state index in [4.69, 9.17) is 22.8 Å². The van der Waals surface area contributed by atoms with Crippen LogP contribution in [0.3, 0.4) is 0 Å². The van der Waals surface area contributed by atoms with Gasteiger partial charge in [-0.05, 0) is 58.7 Å². The molecule has 0 atom stereocenters. The minimum absolute atomic E-state index is 0.173. The molecule has 1 amide bonds. The van der Waals surface area contributed by atoms with E-state index in [0.29, 0.717) is 11.2 Å². The van der Waals surface area contributed by atoms with E-state index in [0.717, 1.165) is 25.7 Å². The number of nitrogens with two attached hydrogens (primary N) is 1. The highest BCUT2D eigenvalue weighted by atomic mass is 32.1. The summed E-state index contributed by atoms with van der Waals surface area (Å²) in [5.41, 5.74) is -0.458. The molecule has 7 heteroatoms. The SMILES string of the molecule is CN(N)C(=S)N[C@H]1CC[C@H](NC(=O)OC(C)(C)C)CC1. The lowest BCUT2D eigenvalue weighted by atomic mass is 9.91. The summed E-state index contributed by atoms with van der Waals surface area (Å²) < 4.78 is 5.25. The summed E-state index contributed by atoms with van der Waals surface area (Å²) in [5, 5.41) is 8.09. The van der Waals surface area contributed by atoms with Gasteiger partial charge in [-0.15, -0.1) is 0 Å². The number of rotatable bonds is 2. The van der Waals surface area contributed by atoms with Gasteiger partial charge < -0.3 is 15.4 Å². The molecule has 0 bridgehead atoms. The molecule has 0 aromatic carbocycles. The molecule has 0 heterocycles. The Morgan fingerprint density at radius 3 is 2.05 bits per heavy atom. The second kappa shape index (κ2) is 7.08.